The van der Waals surface area contributed by atoms with E-state index in [0.29, 0.717) is 23.4 Å². The van der Waals surface area contributed by atoms with Crippen LogP contribution in [0.15, 0.2) is 24.3 Å². The van der Waals surface area contributed by atoms with Crippen LogP contribution in [0.5, 0.6) is 0 Å². The molecule has 5 heteroatoms. The van der Waals surface area contributed by atoms with Crippen LogP contribution in [0.1, 0.15) is 34.2 Å². The largest absolute Gasteiger partial charge is 0.288 e. The number of carbonyl (C=O) groups is 1. The van der Waals surface area contributed by atoms with Crippen LogP contribution >= 0.6 is 11.6 Å². The predicted octanol–water partition coefficient (Wildman–Crippen LogP) is 3.37. The SMILES string of the molecule is CCc1nnc(C)cc1C(=O)c1ccc(Cl)cc1F. The highest BCUT2D eigenvalue weighted by Gasteiger charge is 2.18. The molecular weight excluding hydrogens is 267 g/mol. The molecule has 3 nitrogen and oxygen atoms in total. The fourth-order valence-electron chi connectivity index (χ4n) is 1.79. The minimum atomic E-state index is -0.631. The summed E-state index contributed by atoms with van der Waals surface area (Å²) in [5, 5.41) is 8.14. The molecule has 0 spiro atoms. The van der Waals surface area contributed by atoms with Crippen molar-refractivity contribution in [3.8, 4) is 0 Å². The second kappa shape index (κ2) is 5.45. The van der Waals surface area contributed by atoms with Gasteiger partial charge in [-0.15, -0.1) is 0 Å². The van der Waals surface area contributed by atoms with Gasteiger partial charge in [-0.1, -0.05) is 18.5 Å². The van der Waals surface area contributed by atoms with Crippen LogP contribution in [0.25, 0.3) is 0 Å². The molecule has 98 valence electrons. The minimum Gasteiger partial charge on any atom is -0.288 e. The molecule has 0 fully saturated rings. The van der Waals surface area contributed by atoms with E-state index < -0.39 is 11.6 Å². The molecular formula is C14H12ClFN2O. The first-order valence-corrected chi connectivity index (χ1v) is 6.23. The summed E-state index contributed by atoms with van der Waals surface area (Å²) in [6.07, 6.45) is 0.559. The second-order valence-corrected chi connectivity index (χ2v) is 4.59. The van der Waals surface area contributed by atoms with Crippen molar-refractivity contribution in [3.63, 3.8) is 0 Å². The van der Waals surface area contributed by atoms with E-state index in [0.717, 1.165) is 6.07 Å². The standard InChI is InChI=1S/C14H12ClFN2O/c1-3-13-11(6-8(2)17-18-13)14(19)10-5-4-9(15)7-12(10)16/h4-7H,3H2,1-2H3. The highest BCUT2D eigenvalue weighted by atomic mass is 35.5. The molecule has 0 saturated heterocycles. The van der Waals surface area contributed by atoms with Gasteiger partial charge in [-0.25, -0.2) is 4.39 Å². The maximum absolute atomic E-state index is 13.8. The van der Waals surface area contributed by atoms with E-state index in [1.165, 1.54) is 12.1 Å². The monoisotopic (exact) mass is 278 g/mol. The Bertz CT molecular complexity index is 643. The molecule has 0 aliphatic heterocycles. The minimum absolute atomic E-state index is 0.00787. The van der Waals surface area contributed by atoms with Crippen molar-refractivity contribution in [3.05, 3.63) is 57.6 Å². The molecule has 0 unspecified atom stereocenters. The number of hydrogen-bond donors (Lipinski definition) is 0. The Hall–Kier alpha value is -1.81. The molecule has 2 rings (SSSR count). The highest BCUT2D eigenvalue weighted by Crippen LogP contribution is 2.19. The molecule has 0 radical (unpaired) electrons. The van der Waals surface area contributed by atoms with Gasteiger partial charge < -0.3 is 0 Å². The van der Waals surface area contributed by atoms with Gasteiger partial charge in [0.25, 0.3) is 0 Å². The Balaban J connectivity index is 2.52. The fraction of sp³-hybridized carbons (Fsp3) is 0.214. The molecule has 0 amide bonds. The van der Waals surface area contributed by atoms with E-state index in [4.69, 9.17) is 11.6 Å². The van der Waals surface area contributed by atoms with Crippen LogP contribution in [0.3, 0.4) is 0 Å². The Morgan fingerprint density at radius 1 is 1.26 bits per heavy atom. The van der Waals surface area contributed by atoms with Crippen molar-refractivity contribution >= 4 is 17.4 Å². The average Bonchev–Trinajstić information content (AvgIpc) is 2.38. The third-order valence-electron chi connectivity index (χ3n) is 2.75. The van der Waals surface area contributed by atoms with E-state index in [1.54, 1.807) is 13.0 Å². The first-order chi connectivity index (χ1) is 9.02. The number of benzene rings is 1. The molecule has 0 N–H and O–H groups in total. The van der Waals surface area contributed by atoms with Crippen LogP contribution in [-0.4, -0.2) is 16.0 Å². The third-order valence-corrected chi connectivity index (χ3v) is 2.98. The van der Waals surface area contributed by atoms with Gasteiger partial charge in [0.2, 0.25) is 0 Å². The Labute approximate surface area is 115 Å². The summed E-state index contributed by atoms with van der Waals surface area (Å²) < 4.78 is 13.8. The van der Waals surface area contributed by atoms with E-state index in [9.17, 15) is 9.18 Å². The summed E-state index contributed by atoms with van der Waals surface area (Å²) in [7, 11) is 0. The number of hydrogen-bond acceptors (Lipinski definition) is 3. The number of carbonyl (C=O) groups excluding carboxylic acids is 1. The molecule has 1 heterocycles. The van der Waals surface area contributed by atoms with Crippen LogP contribution in [0.2, 0.25) is 5.02 Å². The Kier molecular flexibility index (Phi) is 3.90. The van der Waals surface area contributed by atoms with Crippen molar-refractivity contribution in [2.24, 2.45) is 0 Å². The number of aromatic nitrogens is 2. The predicted molar refractivity (Wildman–Crippen MR) is 71.0 cm³/mol. The molecule has 0 aliphatic rings. The normalized spacial score (nSPS) is 10.5. The topological polar surface area (TPSA) is 42.9 Å². The molecule has 0 bridgehead atoms. The lowest BCUT2D eigenvalue weighted by molar-refractivity contribution is 0.103. The van der Waals surface area contributed by atoms with Crippen LogP contribution < -0.4 is 0 Å². The van der Waals surface area contributed by atoms with Gasteiger partial charge >= 0.3 is 0 Å². The number of halogens is 2. The summed E-state index contributed by atoms with van der Waals surface area (Å²) in [5.41, 5.74) is 1.56. The van der Waals surface area contributed by atoms with Crippen molar-refractivity contribution in [2.75, 3.05) is 0 Å². The number of ketones is 1. The zero-order valence-electron chi connectivity index (χ0n) is 10.6. The third kappa shape index (κ3) is 2.79. The maximum atomic E-state index is 13.8. The Morgan fingerprint density at radius 3 is 2.63 bits per heavy atom. The lowest BCUT2D eigenvalue weighted by Gasteiger charge is -2.07. The summed E-state index contributed by atoms with van der Waals surface area (Å²) in [6, 6.07) is 5.63. The first kappa shape index (κ1) is 13.6. The van der Waals surface area contributed by atoms with E-state index in [2.05, 4.69) is 10.2 Å². The van der Waals surface area contributed by atoms with Crippen molar-refractivity contribution in [1.82, 2.24) is 10.2 Å². The summed E-state index contributed by atoms with van der Waals surface area (Å²) in [4.78, 5) is 12.4. The fourth-order valence-corrected chi connectivity index (χ4v) is 1.95. The molecule has 0 aliphatic carbocycles. The van der Waals surface area contributed by atoms with Gasteiger partial charge in [0.05, 0.1) is 17.0 Å². The van der Waals surface area contributed by atoms with Gasteiger partial charge in [0, 0.05) is 10.6 Å². The molecule has 0 atom stereocenters. The zero-order valence-corrected chi connectivity index (χ0v) is 11.3. The van der Waals surface area contributed by atoms with E-state index in [1.807, 2.05) is 6.92 Å². The van der Waals surface area contributed by atoms with Gasteiger partial charge in [-0.05, 0) is 37.6 Å². The van der Waals surface area contributed by atoms with Gasteiger partial charge in [0.15, 0.2) is 5.78 Å². The lowest BCUT2D eigenvalue weighted by atomic mass is 10.0. The van der Waals surface area contributed by atoms with Gasteiger partial charge in [-0.3, -0.25) is 4.79 Å². The van der Waals surface area contributed by atoms with E-state index >= 15 is 0 Å². The number of rotatable bonds is 3. The molecule has 0 saturated carbocycles. The van der Waals surface area contributed by atoms with Crippen LogP contribution in [0.4, 0.5) is 4.39 Å². The van der Waals surface area contributed by atoms with Crippen LogP contribution in [0, 0.1) is 12.7 Å². The van der Waals surface area contributed by atoms with Crippen molar-refractivity contribution in [2.45, 2.75) is 20.3 Å². The van der Waals surface area contributed by atoms with Crippen molar-refractivity contribution < 1.29 is 9.18 Å². The number of aryl methyl sites for hydroxylation is 2. The average molecular weight is 279 g/mol. The maximum Gasteiger partial charge on any atom is 0.197 e. The van der Waals surface area contributed by atoms with Crippen LogP contribution in [-0.2, 0) is 6.42 Å². The quantitative estimate of drug-likeness (QED) is 0.809. The number of nitrogens with zero attached hydrogens (tertiary/aromatic N) is 2. The van der Waals surface area contributed by atoms with Gasteiger partial charge in [0.1, 0.15) is 5.82 Å². The smallest absolute Gasteiger partial charge is 0.197 e. The second-order valence-electron chi connectivity index (χ2n) is 4.15. The summed E-state index contributed by atoms with van der Waals surface area (Å²) in [5.74, 6) is -1.03. The zero-order chi connectivity index (χ0) is 14.0. The van der Waals surface area contributed by atoms with E-state index in [-0.39, 0.29) is 10.6 Å². The molecule has 19 heavy (non-hydrogen) atoms. The lowest BCUT2D eigenvalue weighted by Crippen LogP contribution is -2.10. The molecule has 2 aromatic rings. The Morgan fingerprint density at radius 2 is 2.00 bits per heavy atom. The van der Waals surface area contributed by atoms with Crippen molar-refractivity contribution in [1.29, 1.82) is 0 Å². The molecule has 1 aromatic carbocycles. The van der Waals surface area contributed by atoms with Gasteiger partial charge in [-0.2, -0.15) is 10.2 Å². The summed E-state index contributed by atoms with van der Waals surface area (Å²) in [6.45, 7) is 3.61. The molecule has 1 aromatic heterocycles. The highest BCUT2D eigenvalue weighted by molar-refractivity contribution is 6.30. The first-order valence-electron chi connectivity index (χ1n) is 5.86. The summed E-state index contributed by atoms with van der Waals surface area (Å²) >= 11 is 5.68.